The number of fused-ring (bicyclic) bond motifs is 3. The quantitative estimate of drug-likeness (QED) is 0.535. The van der Waals surface area contributed by atoms with Crippen molar-refractivity contribution in [2.45, 2.75) is 19.8 Å². The molecule has 22 heavy (non-hydrogen) atoms. The highest BCUT2D eigenvalue weighted by Gasteiger charge is 2.12. The van der Waals surface area contributed by atoms with Crippen LogP contribution >= 0.6 is 0 Å². The van der Waals surface area contributed by atoms with Crippen LogP contribution in [0.3, 0.4) is 0 Å². The van der Waals surface area contributed by atoms with Crippen LogP contribution < -0.4 is 0 Å². The molecule has 0 aliphatic rings. The maximum absolute atomic E-state index is 4.61. The van der Waals surface area contributed by atoms with Crippen LogP contribution in [0.25, 0.3) is 27.6 Å². The Morgan fingerprint density at radius 2 is 1.68 bits per heavy atom. The largest absolute Gasteiger partial charge is 0.306 e. The lowest BCUT2D eigenvalue weighted by atomic mass is 10.1. The van der Waals surface area contributed by atoms with E-state index in [9.17, 15) is 0 Å². The number of pyridine rings is 2. The zero-order valence-corrected chi connectivity index (χ0v) is 12.7. The summed E-state index contributed by atoms with van der Waals surface area (Å²) in [5.41, 5.74) is 5.50. The van der Waals surface area contributed by atoms with E-state index in [1.807, 2.05) is 18.5 Å². The third-order valence-electron chi connectivity index (χ3n) is 4.05. The second-order valence-electron chi connectivity index (χ2n) is 5.82. The van der Waals surface area contributed by atoms with E-state index in [4.69, 9.17) is 0 Å². The smallest absolute Gasteiger partial charge is 0.0963 e. The van der Waals surface area contributed by atoms with Gasteiger partial charge in [-0.25, -0.2) is 0 Å². The van der Waals surface area contributed by atoms with Gasteiger partial charge in [0, 0.05) is 17.3 Å². The lowest BCUT2D eigenvalue weighted by Gasteiger charge is -2.09. The minimum atomic E-state index is 0.439. The Morgan fingerprint density at radius 3 is 2.45 bits per heavy atom. The minimum Gasteiger partial charge on any atom is -0.306 e. The molecule has 0 unspecified atom stereocenters. The molecule has 0 N–H and O–H groups in total. The first-order valence-electron chi connectivity index (χ1n) is 7.56. The fourth-order valence-corrected chi connectivity index (χ4v) is 2.93. The Labute approximate surface area is 129 Å². The van der Waals surface area contributed by atoms with E-state index in [0.29, 0.717) is 5.92 Å². The van der Waals surface area contributed by atoms with Crippen LogP contribution in [-0.4, -0.2) is 14.5 Å². The van der Waals surface area contributed by atoms with Gasteiger partial charge in [-0.2, -0.15) is 0 Å². The predicted octanol–water partition coefficient (Wildman–Crippen LogP) is 4.70. The SMILES string of the molecule is CC(C)c1ccc(-n2c3ccccc3c3ncccc32)cn1. The number of aromatic nitrogens is 3. The van der Waals surface area contributed by atoms with Gasteiger partial charge < -0.3 is 4.57 Å². The highest BCUT2D eigenvalue weighted by Crippen LogP contribution is 2.30. The molecule has 3 aromatic heterocycles. The van der Waals surface area contributed by atoms with Gasteiger partial charge in [-0.15, -0.1) is 0 Å². The maximum atomic E-state index is 4.61. The van der Waals surface area contributed by atoms with Crippen molar-refractivity contribution >= 4 is 21.9 Å². The standard InChI is InChI=1S/C19H17N3/c1-13(2)16-10-9-14(12-21-16)22-17-7-4-3-6-15(17)19-18(22)8-5-11-20-19/h3-13H,1-2H3. The summed E-state index contributed by atoms with van der Waals surface area (Å²) in [6.07, 6.45) is 3.80. The average Bonchev–Trinajstić information content (AvgIpc) is 2.89. The first-order chi connectivity index (χ1) is 10.8. The maximum Gasteiger partial charge on any atom is 0.0963 e. The van der Waals surface area contributed by atoms with Crippen molar-refractivity contribution in [3.05, 3.63) is 66.6 Å². The van der Waals surface area contributed by atoms with Crippen molar-refractivity contribution in [3.63, 3.8) is 0 Å². The normalized spacial score (nSPS) is 11.6. The number of rotatable bonds is 2. The molecule has 0 aliphatic carbocycles. The van der Waals surface area contributed by atoms with Crippen LogP contribution in [-0.2, 0) is 0 Å². The van der Waals surface area contributed by atoms with Gasteiger partial charge in [0.15, 0.2) is 0 Å². The molecule has 108 valence electrons. The number of nitrogens with zero attached hydrogens (tertiary/aromatic N) is 3. The number of hydrogen-bond donors (Lipinski definition) is 0. The Morgan fingerprint density at radius 1 is 0.864 bits per heavy atom. The topological polar surface area (TPSA) is 30.7 Å². The Bertz CT molecular complexity index is 896. The van der Waals surface area contributed by atoms with Crippen LogP contribution in [0.5, 0.6) is 0 Å². The van der Waals surface area contributed by atoms with Gasteiger partial charge in [0.2, 0.25) is 0 Å². The molecule has 3 heterocycles. The van der Waals surface area contributed by atoms with Crippen molar-refractivity contribution in [1.29, 1.82) is 0 Å². The second-order valence-corrected chi connectivity index (χ2v) is 5.82. The number of hydrogen-bond acceptors (Lipinski definition) is 2. The summed E-state index contributed by atoms with van der Waals surface area (Å²) in [6.45, 7) is 4.32. The Kier molecular flexibility index (Phi) is 2.93. The third kappa shape index (κ3) is 1.90. The van der Waals surface area contributed by atoms with Crippen molar-refractivity contribution in [3.8, 4) is 5.69 Å². The van der Waals surface area contributed by atoms with Crippen molar-refractivity contribution in [2.75, 3.05) is 0 Å². The monoisotopic (exact) mass is 287 g/mol. The summed E-state index contributed by atoms with van der Waals surface area (Å²) in [7, 11) is 0. The van der Waals surface area contributed by atoms with Gasteiger partial charge in [0.1, 0.15) is 0 Å². The Hall–Kier alpha value is -2.68. The molecule has 3 nitrogen and oxygen atoms in total. The van der Waals surface area contributed by atoms with Gasteiger partial charge in [0.05, 0.1) is 28.4 Å². The predicted molar refractivity (Wildman–Crippen MR) is 90.5 cm³/mol. The first-order valence-corrected chi connectivity index (χ1v) is 7.56. The van der Waals surface area contributed by atoms with Crippen molar-refractivity contribution in [2.24, 2.45) is 0 Å². The lowest BCUT2D eigenvalue weighted by Crippen LogP contribution is -1.97. The molecule has 0 amide bonds. The average molecular weight is 287 g/mol. The van der Waals surface area contributed by atoms with Crippen LogP contribution in [0.2, 0.25) is 0 Å². The molecule has 0 bridgehead atoms. The molecule has 0 radical (unpaired) electrons. The molecule has 0 saturated carbocycles. The summed E-state index contributed by atoms with van der Waals surface area (Å²) >= 11 is 0. The van der Waals surface area contributed by atoms with E-state index in [-0.39, 0.29) is 0 Å². The van der Waals surface area contributed by atoms with E-state index in [2.05, 4.69) is 70.8 Å². The summed E-state index contributed by atoms with van der Waals surface area (Å²) in [6, 6.07) is 16.7. The Balaban J connectivity index is 2.04. The minimum absolute atomic E-state index is 0.439. The molecule has 4 rings (SSSR count). The van der Waals surface area contributed by atoms with Gasteiger partial charge in [0.25, 0.3) is 0 Å². The van der Waals surface area contributed by atoms with E-state index < -0.39 is 0 Å². The van der Waals surface area contributed by atoms with E-state index in [1.54, 1.807) is 0 Å². The van der Waals surface area contributed by atoms with Crippen LogP contribution in [0.4, 0.5) is 0 Å². The molecule has 1 aromatic carbocycles. The second kappa shape index (κ2) is 4.95. The first kappa shape index (κ1) is 13.0. The highest BCUT2D eigenvalue weighted by molar-refractivity contribution is 6.06. The fraction of sp³-hybridized carbons (Fsp3) is 0.158. The number of benzene rings is 1. The van der Waals surface area contributed by atoms with Gasteiger partial charge >= 0.3 is 0 Å². The van der Waals surface area contributed by atoms with Gasteiger partial charge in [-0.1, -0.05) is 32.0 Å². The third-order valence-corrected chi connectivity index (χ3v) is 4.05. The molecule has 0 aliphatic heterocycles. The van der Waals surface area contributed by atoms with Crippen LogP contribution in [0.1, 0.15) is 25.5 Å². The van der Waals surface area contributed by atoms with E-state index in [1.165, 1.54) is 5.39 Å². The van der Waals surface area contributed by atoms with Gasteiger partial charge in [-0.05, 0) is 36.2 Å². The molecule has 0 spiro atoms. The summed E-state index contributed by atoms with van der Waals surface area (Å²) in [5.74, 6) is 0.439. The van der Waals surface area contributed by atoms with E-state index >= 15 is 0 Å². The molecule has 0 atom stereocenters. The van der Waals surface area contributed by atoms with Crippen LogP contribution in [0, 0.1) is 0 Å². The molecule has 4 aromatic rings. The van der Waals surface area contributed by atoms with Crippen LogP contribution in [0.15, 0.2) is 60.9 Å². The highest BCUT2D eigenvalue weighted by atomic mass is 15.0. The molecule has 0 saturated heterocycles. The molecular formula is C19H17N3. The fourth-order valence-electron chi connectivity index (χ4n) is 2.93. The van der Waals surface area contributed by atoms with Crippen molar-refractivity contribution in [1.82, 2.24) is 14.5 Å². The lowest BCUT2D eigenvalue weighted by molar-refractivity contribution is 0.821. The zero-order chi connectivity index (χ0) is 15.1. The summed E-state index contributed by atoms with van der Waals surface area (Å²) < 4.78 is 2.23. The number of para-hydroxylation sites is 1. The summed E-state index contributed by atoms with van der Waals surface area (Å²) in [5, 5.41) is 1.17. The summed E-state index contributed by atoms with van der Waals surface area (Å²) in [4.78, 5) is 9.17. The van der Waals surface area contributed by atoms with Crippen molar-refractivity contribution < 1.29 is 0 Å². The van der Waals surface area contributed by atoms with Gasteiger partial charge in [-0.3, -0.25) is 9.97 Å². The molecular weight excluding hydrogens is 270 g/mol. The zero-order valence-electron chi connectivity index (χ0n) is 12.7. The molecule has 3 heteroatoms. The van der Waals surface area contributed by atoms with E-state index in [0.717, 1.165) is 27.9 Å². The molecule has 0 fully saturated rings.